The second kappa shape index (κ2) is 8.78. The lowest BCUT2D eigenvalue weighted by molar-refractivity contribution is -0.120. The van der Waals surface area contributed by atoms with Crippen molar-refractivity contribution in [3.63, 3.8) is 0 Å². The van der Waals surface area contributed by atoms with E-state index in [0.29, 0.717) is 17.2 Å². The number of nitrogens with one attached hydrogen (secondary N) is 1. The van der Waals surface area contributed by atoms with Crippen molar-refractivity contribution in [3.8, 4) is 11.5 Å². The van der Waals surface area contributed by atoms with Gasteiger partial charge in [-0.05, 0) is 29.2 Å². The molecule has 6 heteroatoms. The predicted octanol–water partition coefficient (Wildman–Crippen LogP) is 3.99. The van der Waals surface area contributed by atoms with Crippen LogP contribution in [0.15, 0.2) is 42.5 Å². The molecule has 150 valence electrons. The highest BCUT2D eigenvalue weighted by Crippen LogP contribution is 2.33. The smallest absolute Gasteiger partial charge is 0.244 e. The van der Waals surface area contributed by atoms with E-state index < -0.39 is 0 Å². The third kappa shape index (κ3) is 5.03. The molecule has 0 bridgehead atoms. The van der Waals surface area contributed by atoms with Crippen LogP contribution in [0.2, 0.25) is 0 Å². The lowest BCUT2D eigenvalue weighted by Gasteiger charge is -2.25. The van der Waals surface area contributed by atoms with E-state index in [1.807, 2.05) is 24.3 Å². The van der Waals surface area contributed by atoms with Gasteiger partial charge in [0.25, 0.3) is 0 Å². The highest BCUT2D eigenvalue weighted by atomic mass is 16.5. The van der Waals surface area contributed by atoms with Crippen molar-refractivity contribution in [2.24, 2.45) is 0 Å². The minimum atomic E-state index is -0.287. The standard InChI is InChI=1S/C22H28N2O4/c1-15(25)24(19-12-11-16(27-5)13-20(19)28-6)14-21(26)23-18-10-8-7-9-17(18)22(2,3)4/h7-13H,14H2,1-6H3,(H,23,26). The fourth-order valence-electron chi connectivity index (χ4n) is 2.95. The van der Waals surface area contributed by atoms with E-state index in [1.54, 1.807) is 25.3 Å². The lowest BCUT2D eigenvalue weighted by Crippen LogP contribution is -2.37. The van der Waals surface area contributed by atoms with E-state index in [1.165, 1.54) is 18.9 Å². The molecular formula is C22H28N2O4. The fourth-order valence-corrected chi connectivity index (χ4v) is 2.95. The number of hydrogen-bond acceptors (Lipinski definition) is 4. The zero-order chi connectivity index (χ0) is 20.9. The molecule has 0 atom stereocenters. The maximum Gasteiger partial charge on any atom is 0.244 e. The Morgan fingerprint density at radius 2 is 1.71 bits per heavy atom. The highest BCUT2D eigenvalue weighted by molar-refractivity contribution is 6.03. The molecule has 2 aromatic rings. The Hall–Kier alpha value is -3.02. The quantitative estimate of drug-likeness (QED) is 0.818. The first-order chi connectivity index (χ1) is 13.2. The molecule has 1 N–H and O–H groups in total. The van der Waals surface area contributed by atoms with E-state index in [4.69, 9.17) is 9.47 Å². The average molecular weight is 384 g/mol. The van der Waals surface area contributed by atoms with Crippen LogP contribution in [-0.2, 0) is 15.0 Å². The van der Waals surface area contributed by atoms with Crippen LogP contribution in [0.4, 0.5) is 11.4 Å². The topological polar surface area (TPSA) is 67.9 Å². The second-order valence-electron chi connectivity index (χ2n) is 7.49. The zero-order valence-electron chi connectivity index (χ0n) is 17.3. The van der Waals surface area contributed by atoms with Crippen molar-refractivity contribution in [3.05, 3.63) is 48.0 Å². The summed E-state index contributed by atoms with van der Waals surface area (Å²) in [5, 5.41) is 2.93. The molecule has 0 saturated heterocycles. The summed E-state index contributed by atoms with van der Waals surface area (Å²) in [6, 6.07) is 12.8. The van der Waals surface area contributed by atoms with Crippen LogP contribution in [0.25, 0.3) is 0 Å². The third-order valence-corrected chi connectivity index (χ3v) is 4.37. The molecule has 2 aromatic carbocycles. The largest absolute Gasteiger partial charge is 0.497 e. The van der Waals surface area contributed by atoms with E-state index >= 15 is 0 Å². The van der Waals surface area contributed by atoms with Gasteiger partial charge in [0.2, 0.25) is 11.8 Å². The number of nitrogens with zero attached hydrogens (tertiary/aromatic N) is 1. The molecule has 0 radical (unpaired) electrons. The van der Waals surface area contributed by atoms with Gasteiger partial charge >= 0.3 is 0 Å². The Balaban J connectivity index is 2.27. The molecule has 0 aliphatic carbocycles. The molecule has 0 aromatic heterocycles. The number of ether oxygens (including phenoxy) is 2. The summed E-state index contributed by atoms with van der Waals surface area (Å²) in [7, 11) is 3.06. The summed E-state index contributed by atoms with van der Waals surface area (Å²) in [6.07, 6.45) is 0. The number of methoxy groups -OCH3 is 2. The summed E-state index contributed by atoms with van der Waals surface area (Å²) >= 11 is 0. The number of rotatable bonds is 6. The van der Waals surface area contributed by atoms with E-state index in [-0.39, 0.29) is 23.8 Å². The molecule has 6 nitrogen and oxygen atoms in total. The Bertz CT molecular complexity index is 856. The van der Waals surface area contributed by atoms with Crippen LogP contribution in [0.1, 0.15) is 33.3 Å². The Labute approximate surface area is 166 Å². The number of para-hydroxylation sites is 1. The summed E-state index contributed by atoms with van der Waals surface area (Å²) < 4.78 is 10.6. The minimum Gasteiger partial charge on any atom is -0.497 e. The molecule has 0 saturated carbocycles. The first kappa shape index (κ1) is 21.3. The van der Waals surface area contributed by atoms with Gasteiger partial charge in [-0.25, -0.2) is 0 Å². The summed E-state index contributed by atoms with van der Waals surface area (Å²) in [6.45, 7) is 7.54. The monoisotopic (exact) mass is 384 g/mol. The van der Waals surface area contributed by atoms with Gasteiger partial charge in [0.15, 0.2) is 0 Å². The third-order valence-electron chi connectivity index (χ3n) is 4.37. The number of anilines is 2. The molecule has 28 heavy (non-hydrogen) atoms. The van der Waals surface area contributed by atoms with Crippen molar-refractivity contribution >= 4 is 23.2 Å². The number of carbonyl (C=O) groups excluding carboxylic acids is 2. The zero-order valence-corrected chi connectivity index (χ0v) is 17.3. The van der Waals surface area contributed by atoms with Gasteiger partial charge < -0.3 is 14.8 Å². The molecule has 2 amide bonds. The van der Waals surface area contributed by atoms with Crippen LogP contribution in [-0.4, -0.2) is 32.6 Å². The van der Waals surface area contributed by atoms with Crippen molar-refractivity contribution < 1.29 is 19.1 Å². The summed E-state index contributed by atoms with van der Waals surface area (Å²) in [5.74, 6) is 0.512. The van der Waals surface area contributed by atoms with Crippen LogP contribution >= 0.6 is 0 Å². The number of benzene rings is 2. The van der Waals surface area contributed by atoms with Gasteiger partial charge in [-0.15, -0.1) is 0 Å². The van der Waals surface area contributed by atoms with Gasteiger partial charge in [0.05, 0.1) is 19.9 Å². The van der Waals surface area contributed by atoms with Crippen molar-refractivity contribution in [1.82, 2.24) is 0 Å². The minimum absolute atomic E-state index is 0.122. The van der Waals surface area contributed by atoms with Crippen LogP contribution in [0.3, 0.4) is 0 Å². The molecule has 0 aliphatic rings. The number of hydrogen-bond donors (Lipinski definition) is 1. The number of carbonyl (C=O) groups is 2. The van der Waals surface area contributed by atoms with Crippen LogP contribution in [0.5, 0.6) is 11.5 Å². The normalized spacial score (nSPS) is 10.9. The molecule has 0 unspecified atom stereocenters. The first-order valence-corrected chi connectivity index (χ1v) is 9.07. The van der Waals surface area contributed by atoms with Crippen molar-refractivity contribution in [1.29, 1.82) is 0 Å². The maximum absolute atomic E-state index is 12.7. The fraction of sp³-hybridized carbons (Fsp3) is 0.364. The van der Waals surface area contributed by atoms with Gasteiger partial charge in [-0.1, -0.05) is 39.0 Å². The van der Waals surface area contributed by atoms with Gasteiger partial charge in [-0.3, -0.25) is 14.5 Å². The summed E-state index contributed by atoms with van der Waals surface area (Å²) in [4.78, 5) is 26.4. The molecule has 2 rings (SSSR count). The number of amides is 2. The predicted molar refractivity (Wildman–Crippen MR) is 111 cm³/mol. The van der Waals surface area contributed by atoms with E-state index in [2.05, 4.69) is 26.1 Å². The van der Waals surface area contributed by atoms with Gasteiger partial charge in [-0.2, -0.15) is 0 Å². The Kier molecular flexibility index (Phi) is 6.67. The SMILES string of the molecule is COc1ccc(N(CC(=O)Nc2ccccc2C(C)(C)C)C(C)=O)c(OC)c1. The Morgan fingerprint density at radius 1 is 1.04 bits per heavy atom. The lowest BCUT2D eigenvalue weighted by atomic mass is 9.86. The molecule has 0 heterocycles. The highest BCUT2D eigenvalue weighted by Gasteiger charge is 2.22. The van der Waals surface area contributed by atoms with E-state index in [9.17, 15) is 9.59 Å². The second-order valence-corrected chi connectivity index (χ2v) is 7.49. The summed E-state index contributed by atoms with van der Waals surface area (Å²) in [5.41, 5.74) is 2.16. The van der Waals surface area contributed by atoms with Gasteiger partial charge in [0, 0.05) is 18.7 Å². The molecule has 0 spiro atoms. The maximum atomic E-state index is 12.7. The van der Waals surface area contributed by atoms with E-state index in [0.717, 1.165) is 11.3 Å². The first-order valence-electron chi connectivity index (χ1n) is 9.07. The van der Waals surface area contributed by atoms with Crippen molar-refractivity contribution in [2.75, 3.05) is 31.0 Å². The molecule has 0 fully saturated rings. The molecule has 0 aliphatic heterocycles. The van der Waals surface area contributed by atoms with Crippen molar-refractivity contribution in [2.45, 2.75) is 33.1 Å². The van der Waals surface area contributed by atoms with Gasteiger partial charge in [0.1, 0.15) is 18.0 Å². The Morgan fingerprint density at radius 3 is 2.29 bits per heavy atom. The van der Waals surface area contributed by atoms with Crippen LogP contribution < -0.4 is 19.7 Å². The van der Waals surface area contributed by atoms with Crippen LogP contribution in [0, 0.1) is 0 Å². The average Bonchev–Trinajstić information content (AvgIpc) is 2.65. The molecular weight excluding hydrogens is 356 g/mol.